The molecule has 0 unspecified atom stereocenters. The van der Waals surface area contributed by atoms with Crippen molar-refractivity contribution < 1.29 is 9.53 Å². The molecule has 3 atom stereocenters. The first kappa shape index (κ1) is 8.47. The number of ether oxygens (including phenoxy) is 1. The van der Waals surface area contributed by atoms with Crippen LogP contribution < -0.4 is 0 Å². The maximum absolute atomic E-state index is 10.4. The Hall–Kier alpha value is -0.630. The zero-order chi connectivity index (χ0) is 8.27. The first-order valence-corrected chi connectivity index (χ1v) is 3.94. The van der Waals surface area contributed by atoms with Crippen LogP contribution in [0.15, 0.2) is 12.7 Å². The van der Waals surface area contributed by atoms with Gasteiger partial charge in [0.1, 0.15) is 6.29 Å². The van der Waals surface area contributed by atoms with Gasteiger partial charge in [0.25, 0.3) is 0 Å². The summed E-state index contributed by atoms with van der Waals surface area (Å²) in [6.45, 7) is 3.66. The van der Waals surface area contributed by atoms with E-state index in [2.05, 4.69) is 6.58 Å². The molecule has 0 radical (unpaired) electrons. The van der Waals surface area contributed by atoms with Gasteiger partial charge < -0.3 is 9.53 Å². The molecule has 1 rings (SSSR count). The largest absolute Gasteiger partial charge is 0.377 e. The second-order valence-electron chi connectivity index (χ2n) is 2.98. The molecule has 0 amide bonds. The van der Waals surface area contributed by atoms with Crippen LogP contribution in [0.4, 0.5) is 0 Å². The molecule has 1 saturated carbocycles. The molecular weight excluding hydrogens is 140 g/mol. The maximum atomic E-state index is 10.4. The average Bonchev–Trinajstić information content (AvgIpc) is 1.98. The van der Waals surface area contributed by atoms with Crippen molar-refractivity contribution in [1.82, 2.24) is 0 Å². The summed E-state index contributed by atoms with van der Waals surface area (Å²) in [6, 6.07) is 0. The molecule has 0 aromatic carbocycles. The molecule has 1 fully saturated rings. The van der Waals surface area contributed by atoms with E-state index in [1.54, 1.807) is 13.2 Å². The number of hydrogen-bond donors (Lipinski definition) is 0. The third-order valence-corrected chi connectivity index (χ3v) is 2.48. The van der Waals surface area contributed by atoms with Crippen LogP contribution in [0.25, 0.3) is 0 Å². The highest BCUT2D eigenvalue weighted by atomic mass is 16.5. The lowest BCUT2D eigenvalue weighted by Gasteiger charge is -2.36. The molecule has 0 spiro atoms. The van der Waals surface area contributed by atoms with Crippen molar-refractivity contribution in [3.05, 3.63) is 12.7 Å². The van der Waals surface area contributed by atoms with Crippen LogP contribution in [-0.2, 0) is 9.53 Å². The Kier molecular flexibility index (Phi) is 2.83. The fraction of sp³-hybridized carbons (Fsp3) is 0.667. The van der Waals surface area contributed by atoms with E-state index in [0.29, 0.717) is 5.92 Å². The van der Waals surface area contributed by atoms with Gasteiger partial charge in [-0.25, -0.2) is 0 Å². The molecule has 2 heteroatoms. The molecule has 62 valence electrons. The molecule has 1 aliphatic carbocycles. The SMILES string of the molecule is C=C[C@H](OC)[C@@H]1CC[C@H]1C=O. The molecule has 1 aliphatic rings. The fourth-order valence-electron chi connectivity index (χ4n) is 1.57. The minimum atomic E-state index is 0.0685. The molecule has 0 N–H and O–H groups in total. The smallest absolute Gasteiger partial charge is 0.123 e. The van der Waals surface area contributed by atoms with E-state index in [0.717, 1.165) is 19.1 Å². The van der Waals surface area contributed by atoms with E-state index in [-0.39, 0.29) is 12.0 Å². The van der Waals surface area contributed by atoms with E-state index in [1.165, 1.54) is 0 Å². The summed E-state index contributed by atoms with van der Waals surface area (Å²) in [5.41, 5.74) is 0. The monoisotopic (exact) mass is 154 g/mol. The minimum absolute atomic E-state index is 0.0685. The lowest BCUT2D eigenvalue weighted by atomic mass is 9.71. The van der Waals surface area contributed by atoms with E-state index in [4.69, 9.17) is 4.74 Å². The maximum Gasteiger partial charge on any atom is 0.123 e. The second kappa shape index (κ2) is 3.67. The molecular formula is C9H14O2. The zero-order valence-corrected chi connectivity index (χ0v) is 6.82. The molecule has 0 aromatic heterocycles. The summed E-state index contributed by atoms with van der Waals surface area (Å²) >= 11 is 0. The van der Waals surface area contributed by atoms with Crippen molar-refractivity contribution in [3.63, 3.8) is 0 Å². The third-order valence-electron chi connectivity index (χ3n) is 2.48. The van der Waals surface area contributed by atoms with E-state index < -0.39 is 0 Å². The Morgan fingerprint density at radius 3 is 2.64 bits per heavy atom. The lowest BCUT2D eigenvalue weighted by molar-refractivity contribution is -0.118. The summed E-state index contributed by atoms with van der Waals surface area (Å²) in [5, 5.41) is 0. The molecule has 0 aliphatic heterocycles. The van der Waals surface area contributed by atoms with E-state index >= 15 is 0 Å². The van der Waals surface area contributed by atoms with Crippen LogP contribution in [-0.4, -0.2) is 19.5 Å². The van der Waals surface area contributed by atoms with Crippen molar-refractivity contribution in [2.24, 2.45) is 11.8 Å². The van der Waals surface area contributed by atoms with Gasteiger partial charge in [0.2, 0.25) is 0 Å². The summed E-state index contributed by atoms with van der Waals surface area (Å²) in [4.78, 5) is 10.4. The van der Waals surface area contributed by atoms with Crippen molar-refractivity contribution in [2.75, 3.05) is 7.11 Å². The Morgan fingerprint density at radius 1 is 1.64 bits per heavy atom. The highest BCUT2D eigenvalue weighted by molar-refractivity contribution is 5.55. The summed E-state index contributed by atoms with van der Waals surface area (Å²) < 4.78 is 5.16. The van der Waals surface area contributed by atoms with Gasteiger partial charge in [0, 0.05) is 13.0 Å². The van der Waals surface area contributed by atoms with Crippen LogP contribution in [0.2, 0.25) is 0 Å². The van der Waals surface area contributed by atoms with Gasteiger partial charge in [-0.1, -0.05) is 6.08 Å². The molecule has 0 saturated heterocycles. The van der Waals surface area contributed by atoms with E-state index in [9.17, 15) is 4.79 Å². The number of methoxy groups -OCH3 is 1. The van der Waals surface area contributed by atoms with Gasteiger partial charge in [0.15, 0.2) is 0 Å². The predicted molar refractivity (Wildman–Crippen MR) is 43.3 cm³/mol. The highest BCUT2D eigenvalue weighted by Crippen LogP contribution is 2.36. The van der Waals surface area contributed by atoms with Crippen LogP contribution in [0, 0.1) is 11.8 Å². The summed E-state index contributed by atoms with van der Waals surface area (Å²) in [7, 11) is 1.66. The minimum Gasteiger partial charge on any atom is -0.377 e. The normalized spacial score (nSPS) is 32.1. The quantitative estimate of drug-likeness (QED) is 0.452. The number of hydrogen-bond acceptors (Lipinski definition) is 2. The predicted octanol–water partition coefficient (Wildman–Crippen LogP) is 1.41. The van der Waals surface area contributed by atoms with Gasteiger partial charge in [-0.2, -0.15) is 0 Å². The molecule has 0 bridgehead atoms. The second-order valence-corrected chi connectivity index (χ2v) is 2.98. The topological polar surface area (TPSA) is 26.3 Å². The van der Waals surface area contributed by atoms with Gasteiger partial charge in [-0.3, -0.25) is 0 Å². The van der Waals surface area contributed by atoms with Gasteiger partial charge in [0.05, 0.1) is 6.10 Å². The van der Waals surface area contributed by atoms with Crippen molar-refractivity contribution >= 4 is 6.29 Å². The van der Waals surface area contributed by atoms with Crippen LogP contribution in [0.3, 0.4) is 0 Å². The number of carbonyl (C=O) groups is 1. The van der Waals surface area contributed by atoms with Crippen LogP contribution in [0.5, 0.6) is 0 Å². The average molecular weight is 154 g/mol. The Balaban J connectivity index is 2.45. The summed E-state index contributed by atoms with van der Waals surface area (Å²) in [5.74, 6) is 0.591. The number of carbonyl (C=O) groups excluding carboxylic acids is 1. The number of aldehydes is 1. The van der Waals surface area contributed by atoms with Crippen molar-refractivity contribution in [2.45, 2.75) is 18.9 Å². The van der Waals surface area contributed by atoms with E-state index in [1.807, 2.05) is 0 Å². The molecule has 2 nitrogen and oxygen atoms in total. The van der Waals surface area contributed by atoms with Gasteiger partial charge >= 0.3 is 0 Å². The molecule has 0 aromatic rings. The molecule has 11 heavy (non-hydrogen) atoms. The fourth-order valence-corrected chi connectivity index (χ4v) is 1.57. The first-order valence-electron chi connectivity index (χ1n) is 3.94. The third kappa shape index (κ3) is 1.51. The van der Waals surface area contributed by atoms with Crippen molar-refractivity contribution in [3.8, 4) is 0 Å². The molecule has 0 heterocycles. The highest BCUT2D eigenvalue weighted by Gasteiger charge is 2.35. The Morgan fingerprint density at radius 2 is 2.36 bits per heavy atom. The van der Waals surface area contributed by atoms with Crippen LogP contribution >= 0.6 is 0 Å². The van der Waals surface area contributed by atoms with Crippen LogP contribution in [0.1, 0.15) is 12.8 Å². The Bertz CT molecular complexity index is 154. The first-order chi connectivity index (χ1) is 5.33. The van der Waals surface area contributed by atoms with Gasteiger partial charge in [-0.05, 0) is 18.8 Å². The zero-order valence-electron chi connectivity index (χ0n) is 6.82. The van der Waals surface area contributed by atoms with Gasteiger partial charge in [-0.15, -0.1) is 6.58 Å². The number of rotatable bonds is 4. The van der Waals surface area contributed by atoms with Crippen molar-refractivity contribution in [1.29, 1.82) is 0 Å². The Labute approximate surface area is 67.2 Å². The lowest BCUT2D eigenvalue weighted by Crippen LogP contribution is -2.36. The summed E-state index contributed by atoms with van der Waals surface area (Å²) in [6.07, 6.45) is 4.98. The standard InChI is InChI=1S/C9H14O2/c1-3-9(11-2)8-5-4-7(8)6-10/h3,6-9H,1,4-5H2,2H3/t7-,8+,9-/m0/s1.